The summed E-state index contributed by atoms with van der Waals surface area (Å²) in [6, 6.07) is 23.5. The lowest BCUT2D eigenvalue weighted by Crippen LogP contribution is -2.32. The number of aliphatic hydroxyl groups is 1. The van der Waals surface area contributed by atoms with Gasteiger partial charge in [-0.25, -0.2) is 4.79 Å². The predicted molar refractivity (Wildman–Crippen MR) is 157 cm³/mol. The van der Waals surface area contributed by atoms with Crippen molar-refractivity contribution in [3.63, 3.8) is 0 Å². The van der Waals surface area contributed by atoms with E-state index >= 15 is 0 Å². The van der Waals surface area contributed by atoms with Crippen molar-refractivity contribution in [3.8, 4) is 11.8 Å². The lowest BCUT2D eigenvalue weighted by Gasteiger charge is -2.31. The number of aromatic nitrogens is 1. The van der Waals surface area contributed by atoms with Crippen LogP contribution in [0, 0.1) is 18.8 Å². The number of hydrogen-bond donors (Lipinski definition) is 2. The van der Waals surface area contributed by atoms with Crippen molar-refractivity contribution >= 4 is 22.9 Å². The molecule has 0 aliphatic carbocycles. The summed E-state index contributed by atoms with van der Waals surface area (Å²) in [6.45, 7) is 12.2. The Hall–Kier alpha value is -4.21. The van der Waals surface area contributed by atoms with Crippen LogP contribution in [-0.2, 0) is 10.2 Å². The Labute approximate surface area is 230 Å². The van der Waals surface area contributed by atoms with Crippen LogP contribution in [0.2, 0.25) is 0 Å². The smallest absolute Gasteiger partial charge is 0.366 e. The SMILES string of the molecule is CC(C)c1ccc(C#CC(C)(O)CC(C)(C)c2ccccc2)cc1.Cc1noc(=O)c2ccc(NC=O)cc12. The molecule has 0 spiro atoms. The fraction of sp³-hybridized carbons (Fsp3) is 0.303. The second kappa shape index (κ2) is 12.6. The maximum Gasteiger partial charge on any atom is 0.366 e. The normalized spacial score (nSPS) is 12.5. The number of benzene rings is 3. The van der Waals surface area contributed by atoms with Gasteiger partial charge in [-0.1, -0.05) is 87.2 Å². The molecule has 1 unspecified atom stereocenters. The van der Waals surface area contributed by atoms with E-state index in [9.17, 15) is 14.7 Å². The lowest BCUT2D eigenvalue weighted by atomic mass is 9.76. The summed E-state index contributed by atoms with van der Waals surface area (Å²) in [4.78, 5) is 21.5. The third-order valence-corrected chi connectivity index (χ3v) is 6.52. The highest BCUT2D eigenvalue weighted by Crippen LogP contribution is 2.32. The summed E-state index contributed by atoms with van der Waals surface area (Å²) < 4.78 is 4.58. The van der Waals surface area contributed by atoms with Crippen LogP contribution >= 0.6 is 0 Å². The monoisotopic (exact) mass is 524 g/mol. The van der Waals surface area contributed by atoms with Crippen molar-refractivity contribution in [2.45, 2.75) is 64.9 Å². The standard InChI is InChI=1S/C23H28O.C10H8N2O3/c1-18(2)20-13-11-19(12-14-20)15-16-23(5,24)17-22(3,4)21-9-7-6-8-10-21;1-6-9-4-7(11-5-13)2-3-8(9)10(14)15-12-6/h6-14,18,24H,17H2,1-5H3;2-5H,1H3,(H,11,13). The Morgan fingerprint density at radius 1 is 1.00 bits per heavy atom. The van der Waals surface area contributed by atoms with E-state index in [1.807, 2.05) is 30.3 Å². The van der Waals surface area contributed by atoms with Crippen LogP contribution in [0.1, 0.15) is 69.3 Å². The van der Waals surface area contributed by atoms with E-state index in [1.54, 1.807) is 32.0 Å². The molecule has 6 heteroatoms. The lowest BCUT2D eigenvalue weighted by molar-refractivity contribution is -0.105. The molecule has 0 aliphatic rings. The van der Waals surface area contributed by atoms with Crippen LogP contribution in [0.5, 0.6) is 0 Å². The Kier molecular flexibility index (Phi) is 9.45. The van der Waals surface area contributed by atoms with E-state index in [2.05, 4.69) is 78.8 Å². The van der Waals surface area contributed by atoms with Crippen LogP contribution in [0.15, 0.2) is 82.1 Å². The topological polar surface area (TPSA) is 92.4 Å². The van der Waals surface area contributed by atoms with Crippen LogP contribution in [-0.4, -0.2) is 22.3 Å². The quantitative estimate of drug-likeness (QED) is 0.227. The number of nitrogens with zero attached hydrogens (tertiary/aromatic N) is 1. The first-order valence-corrected chi connectivity index (χ1v) is 12.9. The molecule has 1 amide bonds. The van der Waals surface area contributed by atoms with E-state index in [-0.39, 0.29) is 5.41 Å². The number of fused-ring (bicyclic) bond motifs is 1. The van der Waals surface area contributed by atoms with E-state index in [1.165, 1.54) is 11.1 Å². The maximum absolute atomic E-state index is 11.3. The summed E-state index contributed by atoms with van der Waals surface area (Å²) in [7, 11) is 0. The van der Waals surface area contributed by atoms with Crippen LogP contribution in [0.4, 0.5) is 5.69 Å². The highest BCUT2D eigenvalue weighted by molar-refractivity contribution is 5.88. The molecule has 0 saturated heterocycles. The fourth-order valence-electron chi connectivity index (χ4n) is 4.44. The highest BCUT2D eigenvalue weighted by Gasteiger charge is 2.30. The summed E-state index contributed by atoms with van der Waals surface area (Å²) in [6.07, 6.45) is 1.16. The summed E-state index contributed by atoms with van der Waals surface area (Å²) in [5.41, 5.74) is 3.04. The van der Waals surface area contributed by atoms with Gasteiger partial charge in [0.1, 0.15) is 5.60 Å². The van der Waals surface area contributed by atoms with Gasteiger partial charge in [-0.3, -0.25) is 4.79 Å². The average Bonchev–Trinajstić information content (AvgIpc) is 2.90. The van der Waals surface area contributed by atoms with Crippen molar-refractivity contribution in [2.75, 3.05) is 5.32 Å². The third-order valence-electron chi connectivity index (χ3n) is 6.52. The molecular weight excluding hydrogens is 488 g/mol. The number of carbonyl (C=O) groups excluding carboxylic acids is 1. The van der Waals surface area contributed by atoms with Gasteiger partial charge in [-0.2, -0.15) is 0 Å². The minimum Gasteiger partial charge on any atom is -0.378 e. The van der Waals surface area contributed by atoms with Crippen molar-refractivity contribution in [2.24, 2.45) is 0 Å². The number of nitrogens with one attached hydrogen (secondary N) is 1. The number of amides is 1. The molecule has 6 nitrogen and oxygen atoms in total. The van der Waals surface area contributed by atoms with Crippen LogP contribution in [0.25, 0.3) is 10.8 Å². The highest BCUT2D eigenvalue weighted by atomic mass is 16.5. The summed E-state index contributed by atoms with van der Waals surface area (Å²) in [5.74, 6) is 6.70. The first-order chi connectivity index (χ1) is 18.4. The van der Waals surface area contributed by atoms with Gasteiger partial charge in [0.25, 0.3) is 0 Å². The van der Waals surface area contributed by atoms with E-state index in [0.717, 1.165) is 5.56 Å². The Bertz CT molecular complexity index is 1520. The van der Waals surface area contributed by atoms with Crippen molar-refractivity contribution in [1.82, 2.24) is 5.16 Å². The number of aryl methyl sites for hydroxylation is 1. The van der Waals surface area contributed by atoms with Crippen molar-refractivity contribution < 1.29 is 14.4 Å². The second-order valence-electron chi connectivity index (χ2n) is 10.8. The van der Waals surface area contributed by atoms with Gasteiger partial charge >= 0.3 is 5.63 Å². The van der Waals surface area contributed by atoms with E-state index in [4.69, 9.17) is 0 Å². The molecule has 1 heterocycles. The van der Waals surface area contributed by atoms with Gasteiger partial charge < -0.3 is 14.9 Å². The van der Waals surface area contributed by atoms with Gasteiger partial charge in [0.05, 0.1) is 11.1 Å². The molecule has 2 N–H and O–H groups in total. The molecule has 4 rings (SSSR count). The van der Waals surface area contributed by atoms with Crippen molar-refractivity contribution in [1.29, 1.82) is 0 Å². The molecule has 0 saturated carbocycles. The molecule has 0 bridgehead atoms. The Balaban J connectivity index is 0.000000239. The van der Waals surface area contributed by atoms with Crippen LogP contribution < -0.4 is 10.9 Å². The van der Waals surface area contributed by atoms with E-state index in [0.29, 0.717) is 40.9 Å². The number of carbonyl (C=O) groups is 1. The summed E-state index contributed by atoms with van der Waals surface area (Å²) >= 11 is 0. The van der Waals surface area contributed by atoms with Gasteiger partial charge in [-0.15, -0.1) is 0 Å². The molecular formula is C33H36N2O4. The molecule has 1 aromatic heterocycles. The van der Waals surface area contributed by atoms with Gasteiger partial charge in [-0.05, 0) is 73.1 Å². The average molecular weight is 525 g/mol. The first kappa shape index (κ1) is 29.3. The Morgan fingerprint density at radius 3 is 2.28 bits per heavy atom. The molecule has 39 heavy (non-hydrogen) atoms. The Morgan fingerprint density at radius 2 is 1.67 bits per heavy atom. The number of rotatable bonds is 6. The predicted octanol–water partition coefficient (Wildman–Crippen LogP) is 6.35. The molecule has 4 aromatic rings. The second-order valence-corrected chi connectivity index (χ2v) is 10.8. The number of hydrogen-bond acceptors (Lipinski definition) is 5. The molecule has 202 valence electrons. The zero-order valence-electron chi connectivity index (χ0n) is 23.4. The zero-order valence-corrected chi connectivity index (χ0v) is 23.4. The molecule has 0 fully saturated rings. The van der Waals surface area contributed by atoms with E-state index < -0.39 is 11.2 Å². The fourth-order valence-corrected chi connectivity index (χ4v) is 4.44. The minimum atomic E-state index is -1.03. The third kappa shape index (κ3) is 8.13. The maximum atomic E-state index is 11.3. The zero-order chi connectivity index (χ0) is 28.6. The van der Waals surface area contributed by atoms with Crippen LogP contribution in [0.3, 0.4) is 0 Å². The summed E-state index contributed by atoms with van der Waals surface area (Å²) in [5, 5.41) is 18.0. The molecule has 0 aliphatic heterocycles. The molecule has 1 atom stereocenters. The van der Waals surface area contributed by atoms with Gasteiger partial charge in [0.2, 0.25) is 6.41 Å². The van der Waals surface area contributed by atoms with Crippen molar-refractivity contribution in [3.05, 3.63) is 106 Å². The minimum absolute atomic E-state index is 0.138. The molecule has 0 radical (unpaired) electrons. The molecule has 3 aromatic carbocycles. The van der Waals surface area contributed by atoms with Gasteiger partial charge in [0, 0.05) is 16.6 Å². The largest absolute Gasteiger partial charge is 0.378 e. The first-order valence-electron chi connectivity index (χ1n) is 12.9. The number of anilines is 1. The van der Waals surface area contributed by atoms with Gasteiger partial charge in [0.15, 0.2) is 0 Å².